The number of rotatable bonds is 4. The van der Waals surface area contributed by atoms with Gasteiger partial charge in [-0.1, -0.05) is 12.1 Å². The van der Waals surface area contributed by atoms with Gasteiger partial charge in [0.25, 0.3) is 0 Å². The van der Waals surface area contributed by atoms with Crippen LogP contribution < -0.4 is 16.0 Å². The molecule has 3 aromatic rings. The number of aromatic nitrogens is 1. The summed E-state index contributed by atoms with van der Waals surface area (Å²) in [7, 11) is 0. The molecule has 3 N–H and O–H groups in total. The van der Waals surface area contributed by atoms with Crippen LogP contribution in [0.15, 0.2) is 40.8 Å². The van der Waals surface area contributed by atoms with Crippen molar-refractivity contribution in [2.24, 2.45) is 0 Å². The van der Waals surface area contributed by atoms with Crippen LogP contribution in [0.2, 0.25) is 0 Å². The highest BCUT2D eigenvalue weighted by Crippen LogP contribution is 2.31. The number of nitrogens with zero attached hydrogens (tertiary/aromatic N) is 1. The molecule has 1 aliphatic rings. The summed E-state index contributed by atoms with van der Waals surface area (Å²) in [5, 5.41) is 8.64. The lowest BCUT2D eigenvalue weighted by Crippen LogP contribution is -2.42. The summed E-state index contributed by atoms with van der Waals surface area (Å²) in [5.74, 6) is 1.07. The van der Waals surface area contributed by atoms with Crippen LogP contribution in [0.3, 0.4) is 0 Å². The normalized spacial score (nSPS) is 16.8. The largest absolute Gasteiger partial charge is 0.457 e. The predicted octanol–water partition coefficient (Wildman–Crippen LogP) is 1.85. The van der Waals surface area contributed by atoms with E-state index in [1.165, 1.54) is 0 Å². The monoisotopic (exact) mass is 342 g/mol. The molecule has 24 heavy (non-hydrogen) atoms. The molecule has 1 aromatic carbocycles. The Balaban J connectivity index is 1.43. The van der Waals surface area contributed by atoms with Gasteiger partial charge in [0, 0.05) is 6.54 Å². The average Bonchev–Trinajstić information content (AvgIpc) is 3.31. The van der Waals surface area contributed by atoms with Crippen molar-refractivity contribution in [3.63, 3.8) is 0 Å². The molecule has 7 nitrogen and oxygen atoms in total. The van der Waals surface area contributed by atoms with Gasteiger partial charge in [0.2, 0.25) is 5.91 Å². The summed E-state index contributed by atoms with van der Waals surface area (Å²) >= 11 is 1.56. The molecule has 0 unspecified atom stereocenters. The molecule has 0 saturated carbocycles. The van der Waals surface area contributed by atoms with E-state index in [0.717, 1.165) is 15.2 Å². The highest BCUT2D eigenvalue weighted by Gasteiger charge is 2.26. The van der Waals surface area contributed by atoms with Crippen molar-refractivity contribution in [1.82, 2.24) is 20.9 Å². The lowest BCUT2D eigenvalue weighted by Gasteiger charge is -2.08. The number of carbonyl (C=O) groups is 2. The van der Waals surface area contributed by atoms with Crippen LogP contribution >= 0.6 is 11.3 Å². The average molecular weight is 342 g/mol. The number of fused-ring (bicyclic) bond motifs is 1. The van der Waals surface area contributed by atoms with Crippen molar-refractivity contribution < 1.29 is 14.0 Å². The van der Waals surface area contributed by atoms with Gasteiger partial charge in [0.05, 0.1) is 16.8 Å². The number of hydrogen-bond donors (Lipinski definition) is 3. The Morgan fingerprint density at radius 2 is 2.21 bits per heavy atom. The zero-order chi connectivity index (χ0) is 16.5. The number of para-hydroxylation sites is 1. The Hall–Kier alpha value is -2.87. The number of benzene rings is 1. The molecular weight excluding hydrogens is 328 g/mol. The van der Waals surface area contributed by atoms with Crippen molar-refractivity contribution in [2.45, 2.75) is 12.6 Å². The minimum Gasteiger partial charge on any atom is -0.457 e. The summed E-state index contributed by atoms with van der Waals surface area (Å²) in [5.41, 5.74) is 0.938. The molecule has 1 aliphatic heterocycles. The highest BCUT2D eigenvalue weighted by molar-refractivity contribution is 7.21. The van der Waals surface area contributed by atoms with E-state index in [9.17, 15) is 9.59 Å². The van der Waals surface area contributed by atoms with Crippen LogP contribution in [0.5, 0.6) is 0 Å². The third kappa shape index (κ3) is 2.83. The number of nitrogens with one attached hydrogen (secondary N) is 3. The molecule has 4 rings (SSSR count). The predicted molar refractivity (Wildman–Crippen MR) is 89.5 cm³/mol. The second-order valence-corrected chi connectivity index (χ2v) is 6.41. The van der Waals surface area contributed by atoms with Crippen molar-refractivity contribution in [1.29, 1.82) is 0 Å². The van der Waals surface area contributed by atoms with Crippen molar-refractivity contribution >= 4 is 33.5 Å². The Morgan fingerprint density at radius 1 is 1.33 bits per heavy atom. The van der Waals surface area contributed by atoms with Gasteiger partial charge in [-0.05, 0) is 24.3 Å². The number of hydrogen-bond acceptors (Lipinski definition) is 5. The van der Waals surface area contributed by atoms with Gasteiger partial charge in [-0.2, -0.15) is 0 Å². The minimum absolute atomic E-state index is 0.244. The maximum atomic E-state index is 11.9. The molecule has 122 valence electrons. The van der Waals surface area contributed by atoms with Gasteiger partial charge in [0.15, 0.2) is 10.8 Å². The van der Waals surface area contributed by atoms with Crippen LogP contribution in [0.1, 0.15) is 5.76 Å². The zero-order valence-electron chi connectivity index (χ0n) is 12.5. The van der Waals surface area contributed by atoms with Gasteiger partial charge >= 0.3 is 6.03 Å². The fourth-order valence-corrected chi connectivity index (χ4v) is 3.40. The van der Waals surface area contributed by atoms with E-state index in [0.29, 0.717) is 18.1 Å². The molecule has 1 saturated heterocycles. The van der Waals surface area contributed by atoms with Gasteiger partial charge in [-0.15, -0.1) is 11.3 Å². The molecule has 0 radical (unpaired) electrons. The van der Waals surface area contributed by atoms with E-state index in [4.69, 9.17) is 4.42 Å². The maximum absolute atomic E-state index is 11.9. The molecule has 0 aliphatic carbocycles. The molecule has 3 amide bonds. The Bertz CT molecular complexity index is 884. The second kappa shape index (κ2) is 5.97. The Kier molecular flexibility index (Phi) is 3.66. The van der Waals surface area contributed by atoms with E-state index in [2.05, 4.69) is 20.9 Å². The second-order valence-electron chi connectivity index (χ2n) is 5.38. The van der Waals surface area contributed by atoms with Crippen molar-refractivity contribution in [3.8, 4) is 10.8 Å². The standard InChI is InChI=1S/C16H14N4O3S/c21-14(11-8-18-16(22)20-11)17-7-9-5-6-12(23-9)15-19-10-3-1-2-4-13(10)24-15/h1-6,11H,7-8H2,(H,17,21)(H2,18,20,22)/t11-/m0/s1. The minimum atomic E-state index is -0.545. The smallest absolute Gasteiger partial charge is 0.315 e. The quantitative estimate of drug-likeness (QED) is 0.674. The summed E-state index contributed by atoms with van der Waals surface area (Å²) in [4.78, 5) is 27.5. The van der Waals surface area contributed by atoms with Crippen LogP contribution in [-0.4, -0.2) is 29.5 Å². The van der Waals surface area contributed by atoms with E-state index >= 15 is 0 Å². The SMILES string of the molecule is O=C1NC[C@@H](C(=O)NCc2ccc(-c3nc4ccccc4s3)o2)N1. The van der Waals surface area contributed by atoms with Crippen LogP contribution in [0, 0.1) is 0 Å². The molecule has 1 atom stereocenters. The Morgan fingerprint density at radius 3 is 3.00 bits per heavy atom. The van der Waals surface area contributed by atoms with Crippen LogP contribution in [0.4, 0.5) is 4.79 Å². The third-order valence-corrected chi connectivity index (χ3v) is 4.74. The summed E-state index contributed by atoms with van der Waals surface area (Å²) in [6.45, 7) is 0.551. The number of thiazole rings is 1. The van der Waals surface area contributed by atoms with E-state index in [1.807, 2.05) is 36.4 Å². The van der Waals surface area contributed by atoms with Gasteiger partial charge in [-0.25, -0.2) is 9.78 Å². The lowest BCUT2D eigenvalue weighted by atomic mass is 10.3. The molecule has 2 aromatic heterocycles. The zero-order valence-corrected chi connectivity index (χ0v) is 13.4. The lowest BCUT2D eigenvalue weighted by molar-refractivity contribution is -0.122. The van der Waals surface area contributed by atoms with E-state index in [1.54, 1.807) is 11.3 Å². The molecule has 0 bridgehead atoms. The fourth-order valence-electron chi connectivity index (χ4n) is 2.48. The molecule has 1 fully saturated rings. The third-order valence-electron chi connectivity index (χ3n) is 3.69. The van der Waals surface area contributed by atoms with Crippen LogP contribution in [-0.2, 0) is 11.3 Å². The maximum Gasteiger partial charge on any atom is 0.315 e. The van der Waals surface area contributed by atoms with Crippen molar-refractivity contribution in [2.75, 3.05) is 6.54 Å². The van der Waals surface area contributed by atoms with Gasteiger partial charge < -0.3 is 20.4 Å². The van der Waals surface area contributed by atoms with Crippen molar-refractivity contribution in [3.05, 3.63) is 42.2 Å². The number of amides is 3. The molecular formula is C16H14N4O3S. The first-order valence-electron chi connectivity index (χ1n) is 7.46. The summed E-state index contributed by atoms with van der Waals surface area (Å²) < 4.78 is 6.86. The number of urea groups is 1. The van der Waals surface area contributed by atoms with E-state index < -0.39 is 6.04 Å². The number of furan rings is 1. The van der Waals surface area contributed by atoms with Gasteiger partial charge in [-0.3, -0.25) is 4.79 Å². The highest BCUT2D eigenvalue weighted by atomic mass is 32.1. The first-order chi connectivity index (χ1) is 11.7. The fraction of sp³-hybridized carbons (Fsp3) is 0.188. The molecule has 3 heterocycles. The summed E-state index contributed by atoms with van der Waals surface area (Å²) in [6.07, 6.45) is 0. The van der Waals surface area contributed by atoms with E-state index in [-0.39, 0.29) is 18.5 Å². The first-order valence-corrected chi connectivity index (χ1v) is 8.27. The molecule has 8 heteroatoms. The van der Waals surface area contributed by atoms with Gasteiger partial charge in [0.1, 0.15) is 11.8 Å². The first kappa shape index (κ1) is 14.7. The van der Waals surface area contributed by atoms with Crippen LogP contribution in [0.25, 0.3) is 21.0 Å². The number of carbonyl (C=O) groups excluding carboxylic acids is 2. The summed E-state index contributed by atoms with van der Waals surface area (Å²) in [6, 6.07) is 10.7. The molecule has 0 spiro atoms. The topological polar surface area (TPSA) is 96.3 Å². The Labute approximate surface area is 141 Å².